The third kappa shape index (κ3) is 2.74. The maximum Gasteiger partial charge on any atom is 0.128 e. The quantitative estimate of drug-likeness (QED) is 0.933. The van der Waals surface area contributed by atoms with Crippen molar-refractivity contribution in [2.45, 2.75) is 13.0 Å². The Hall–Kier alpha value is -1.71. The molecule has 4 heteroatoms. The molecule has 0 aliphatic carbocycles. The average molecular weight is 293 g/mol. The normalized spacial score (nSPS) is 12.1. The van der Waals surface area contributed by atoms with Crippen LogP contribution in [0.15, 0.2) is 36.4 Å². The molecule has 0 bridgehead atoms. The van der Waals surface area contributed by atoms with Gasteiger partial charge in [0.25, 0.3) is 0 Å². The summed E-state index contributed by atoms with van der Waals surface area (Å²) in [6.07, 6.45) is -0.844. The van der Waals surface area contributed by atoms with Crippen LogP contribution in [-0.4, -0.2) is 19.3 Å². The number of benzene rings is 2. The SMILES string of the molecule is COc1ccc(C(O)c2cccc(C)c2Cl)c(OC)c1. The first-order chi connectivity index (χ1) is 9.58. The summed E-state index contributed by atoms with van der Waals surface area (Å²) in [6, 6.07) is 10.9. The summed E-state index contributed by atoms with van der Waals surface area (Å²) in [4.78, 5) is 0. The van der Waals surface area contributed by atoms with Crippen molar-refractivity contribution < 1.29 is 14.6 Å². The van der Waals surface area contributed by atoms with Crippen molar-refractivity contribution >= 4 is 11.6 Å². The van der Waals surface area contributed by atoms with E-state index in [9.17, 15) is 5.11 Å². The van der Waals surface area contributed by atoms with Crippen LogP contribution in [0.2, 0.25) is 5.02 Å². The molecule has 0 aliphatic heterocycles. The van der Waals surface area contributed by atoms with Gasteiger partial charge in [-0.05, 0) is 24.6 Å². The summed E-state index contributed by atoms with van der Waals surface area (Å²) >= 11 is 6.27. The molecule has 2 aromatic rings. The molecule has 1 unspecified atom stereocenters. The van der Waals surface area contributed by atoms with Gasteiger partial charge < -0.3 is 14.6 Å². The van der Waals surface area contributed by atoms with Crippen molar-refractivity contribution in [2.24, 2.45) is 0 Å². The molecule has 3 nitrogen and oxygen atoms in total. The molecule has 0 fully saturated rings. The van der Waals surface area contributed by atoms with Gasteiger partial charge in [-0.25, -0.2) is 0 Å². The molecule has 0 amide bonds. The van der Waals surface area contributed by atoms with Crippen LogP contribution in [0.1, 0.15) is 22.8 Å². The number of aliphatic hydroxyl groups excluding tert-OH is 1. The summed E-state index contributed by atoms with van der Waals surface area (Å²) in [6.45, 7) is 1.91. The maximum absolute atomic E-state index is 10.6. The van der Waals surface area contributed by atoms with E-state index in [0.717, 1.165) is 5.56 Å². The molecule has 0 saturated carbocycles. The molecule has 0 radical (unpaired) electrons. The second-order valence-corrected chi connectivity index (χ2v) is 4.87. The van der Waals surface area contributed by atoms with E-state index in [1.54, 1.807) is 32.4 Å². The lowest BCUT2D eigenvalue weighted by Crippen LogP contribution is -2.04. The maximum atomic E-state index is 10.6. The number of methoxy groups -OCH3 is 2. The molecule has 0 saturated heterocycles. The predicted octanol–water partition coefficient (Wildman–Crippen LogP) is 3.75. The number of halogens is 1. The fourth-order valence-electron chi connectivity index (χ4n) is 2.09. The van der Waals surface area contributed by atoms with Gasteiger partial charge in [0.2, 0.25) is 0 Å². The topological polar surface area (TPSA) is 38.7 Å². The van der Waals surface area contributed by atoms with Crippen LogP contribution in [0.5, 0.6) is 11.5 Å². The minimum absolute atomic E-state index is 0.564. The van der Waals surface area contributed by atoms with Gasteiger partial charge in [0.15, 0.2) is 0 Å². The number of hydrogen-bond acceptors (Lipinski definition) is 3. The molecule has 1 atom stereocenters. The summed E-state index contributed by atoms with van der Waals surface area (Å²) < 4.78 is 10.5. The van der Waals surface area contributed by atoms with Crippen molar-refractivity contribution in [3.8, 4) is 11.5 Å². The van der Waals surface area contributed by atoms with Crippen LogP contribution >= 0.6 is 11.6 Å². The molecule has 20 heavy (non-hydrogen) atoms. The lowest BCUT2D eigenvalue weighted by Gasteiger charge is -2.18. The van der Waals surface area contributed by atoms with Crippen molar-refractivity contribution in [1.29, 1.82) is 0 Å². The largest absolute Gasteiger partial charge is 0.497 e. The molecular weight excluding hydrogens is 276 g/mol. The third-order valence-electron chi connectivity index (χ3n) is 3.25. The Kier molecular flexibility index (Phi) is 4.53. The molecule has 2 rings (SSSR count). The van der Waals surface area contributed by atoms with Crippen LogP contribution in [0.3, 0.4) is 0 Å². The summed E-state index contributed by atoms with van der Waals surface area (Å²) in [5.41, 5.74) is 2.24. The lowest BCUT2D eigenvalue weighted by atomic mass is 9.99. The second-order valence-electron chi connectivity index (χ2n) is 4.49. The standard InChI is InChI=1S/C16H17ClO3/c1-10-5-4-6-13(15(10)17)16(18)12-8-7-11(19-2)9-14(12)20-3/h4-9,16,18H,1-3H3. The van der Waals surface area contributed by atoms with E-state index in [1.165, 1.54) is 0 Å². The molecule has 0 aliphatic rings. The molecule has 106 valence electrons. The lowest BCUT2D eigenvalue weighted by molar-refractivity contribution is 0.214. The Labute approximate surface area is 123 Å². The van der Waals surface area contributed by atoms with Crippen LogP contribution in [0, 0.1) is 6.92 Å². The Morgan fingerprint density at radius 3 is 2.45 bits per heavy atom. The van der Waals surface area contributed by atoms with E-state index < -0.39 is 6.10 Å². The molecule has 0 heterocycles. The van der Waals surface area contributed by atoms with E-state index in [0.29, 0.717) is 27.6 Å². The van der Waals surface area contributed by atoms with Crippen molar-refractivity contribution in [1.82, 2.24) is 0 Å². The number of aliphatic hydroxyl groups is 1. The van der Waals surface area contributed by atoms with Crippen LogP contribution in [0.25, 0.3) is 0 Å². The zero-order valence-corrected chi connectivity index (χ0v) is 12.4. The molecule has 0 aromatic heterocycles. The fraction of sp³-hybridized carbons (Fsp3) is 0.250. The Balaban J connectivity index is 2.47. The molecule has 1 N–H and O–H groups in total. The van der Waals surface area contributed by atoms with Gasteiger partial charge in [-0.1, -0.05) is 29.8 Å². The fourth-order valence-corrected chi connectivity index (χ4v) is 2.32. The second kappa shape index (κ2) is 6.16. The highest BCUT2D eigenvalue weighted by Gasteiger charge is 2.19. The first-order valence-corrected chi connectivity index (χ1v) is 6.61. The third-order valence-corrected chi connectivity index (χ3v) is 3.77. The van der Waals surface area contributed by atoms with Crippen LogP contribution in [-0.2, 0) is 0 Å². The minimum Gasteiger partial charge on any atom is -0.497 e. The van der Waals surface area contributed by atoms with E-state index >= 15 is 0 Å². The zero-order chi connectivity index (χ0) is 14.7. The smallest absolute Gasteiger partial charge is 0.128 e. The number of ether oxygens (including phenoxy) is 2. The van der Waals surface area contributed by atoms with E-state index in [1.807, 2.05) is 25.1 Å². The van der Waals surface area contributed by atoms with Gasteiger partial charge in [0.05, 0.1) is 14.2 Å². The van der Waals surface area contributed by atoms with Crippen LogP contribution < -0.4 is 9.47 Å². The molecular formula is C16H17ClO3. The van der Waals surface area contributed by atoms with Gasteiger partial charge in [0.1, 0.15) is 17.6 Å². The summed E-state index contributed by atoms with van der Waals surface area (Å²) in [5, 5.41) is 11.1. The van der Waals surface area contributed by atoms with Gasteiger partial charge in [-0.15, -0.1) is 0 Å². The zero-order valence-electron chi connectivity index (χ0n) is 11.7. The first kappa shape index (κ1) is 14.7. The van der Waals surface area contributed by atoms with Crippen molar-refractivity contribution in [3.63, 3.8) is 0 Å². The van der Waals surface area contributed by atoms with E-state index in [-0.39, 0.29) is 0 Å². The first-order valence-electron chi connectivity index (χ1n) is 6.23. The summed E-state index contributed by atoms with van der Waals surface area (Å²) in [5.74, 6) is 1.24. The van der Waals surface area contributed by atoms with Crippen molar-refractivity contribution in [2.75, 3.05) is 14.2 Å². The van der Waals surface area contributed by atoms with E-state index in [2.05, 4.69) is 0 Å². The number of hydrogen-bond donors (Lipinski definition) is 1. The number of rotatable bonds is 4. The van der Waals surface area contributed by atoms with Crippen molar-refractivity contribution in [3.05, 3.63) is 58.1 Å². The monoisotopic (exact) mass is 292 g/mol. The van der Waals surface area contributed by atoms with Gasteiger partial charge in [-0.3, -0.25) is 0 Å². The van der Waals surface area contributed by atoms with E-state index in [4.69, 9.17) is 21.1 Å². The van der Waals surface area contributed by atoms with Gasteiger partial charge in [-0.2, -0.15) is 0 Å². The predicted molar refractivity (Wildman–Crippen MR) is 79.8 cm³/mol. The Bertz CT molecular complexity index is 611. The molecule has 0 spiro atoms. The molecule has 2 aromatic carbocycles. The Morgan fingerprint density at radius 1 is 1.05 bits per heavy atom. The van der Waals surface area contributed by atoms with Crippen LogP contribution in [0.4, 0.5) is 0 Å². The summed E-state index contributed by atoms with van der Waals surface area (Å²) in [7, 11) is 3.14. The number of aryl methyl sites for hydroxylation is 1. The highest BCUT2D eigenvalue weighted by atomic mass is 35.5. The van der Waals surface area contributed by atoms with Gasteiger partial charge in [0, 0.05) is 22.2 Å². The highest BCUT2D eigenvalue weighted by molar-refractivity contribution is 6.32. The highest BCUT2D eigenvalue weighted by Crippen LogP contribution is 2.36. The van der Waals surface area contributed by atoms with Gasteiger partial charge >= 0.3 is 0 Å². The Morgan fingerprint density at radius 2 is 1.80 bits per heavy atom. The minimum atomic E-state index is -0.844. The average Bonchev–Trinajstić information content (AvgIpc) is 2.48.